The van der Waals surface area contributed by atoms with E-state index in [0.717, 1.165) is 18.5 Å². The lowest BCUT2D eigenvalue weighted by Gasteiger charge is -2.16. The highest BCUT2D eigenvalue weighted by Gasteiger charge is 2.09. The van der Waals surface area contributed by atoms with Gasteiger partial charge in [0.05, 0.1) is 6.20 Å². The molecule has 0 aliphatic heterocycles. The standard InChI is InChI=1S/C15H22N4/c1-4-19-11-12(10-17-19)8-15(16)13-6-5-7-14(9-13)18(2)3/h5-7,9-11,15H,4,8,16H2,1-3H3. The topological polar surface area (TPSA) is 47.1 Å². The number of nitrogens with two attached hydrogens (primary N) is 1. The van der Waals surface area contributed by atoms with Gasteiger partial charge in [-0.05, 0) is 36.6 Å². The normalized spacial score (nSPS) is 12.4. The third kappa shape index (κ3) is 3.35. The van der Waals surface area contributed by atoms with Crippen LogP contribution in [-0.4, -0.2) is 23.9 Å². The van der Waals surface area contributed by atoms with Crippen LogP contribution in [0.5, 0.6) is 0 Å². The predicted octanol–water partition coefficient (Wildman–Crippen LogP) is 2.21. The Morgan fingerprint density at radius 1 is 1.37 bits per heavy atom. The summed E-state index contributed by atoms with van der Waals surface area (Å²) in [5.41, 5.74) is 9.82. The van der Waals surface area contributed by atoms with Gasteiger partial charge in [-0.25, -0.2) is 0 Å². The number of aromatic nitrogens is 2. The van der Waals surface area contributed by atoms with Crippen LogP contribution in [0, 0.1) is 0 Å². The van der Waals surface area contributed by atoms with E-state index in [1.807, 2.05) is 25.0 Å². The van der Waals surface area contributed by atoms with Crippen molar-refractivity contribution in [1.82, 2.24) is 9.78 Å². The summed E-state index contributed by atoms with van der Waals surface area (Å²) in [5, 5.41) is 4.28. The maximum Gasteiger partial charge on any atom is 0.0522 e. The van der Waals surface area contributed by atoms with Crippen LogP contribution in [0.2, 0.25) is 0 Å². The van der Waals surface area contributed by atoms with Gasteiger partial charge in [-0.1, -0.05) is 12.1 Å². The van der Waals surface area contributed by atoms with Crippen LogP contribution in [0.1, 0.15) is 24.1 Å². The van der Waals surface area contributed by atoms with Crippen LogP contribution in [-0.2, 0) is 13.0 Å². The lowest BCUT2D eigenvalue weighted by molar-refractivity contribution is 0.657. The van der Waals surface area contributed by atoms with E-state index in [9.17, 15) is 0 Å². The van der Waals surface area contributed by atoms with Gasteiger partial charge >= 0.3 is 0 Å². The van der Waals surface area contributed by atoms with Crippen molar-refractivity contribution in [3.8, 4) is 0 Å². The fraction of sp³-hybridized carbons (Fsp3) is 0.400. The van der Waals surface area contributed by atoms with Gasteiger partial charge in [0, 0.05) is 38.6 Å². The number of aryl methyl sites for hydroxylation is 1. The van der Waals surface area contributed by atoms with Gasteiger partial charge in [-0.3, -0.25) is 4.68 Å². The summed E-state index contributed by atoms with van der Waals surface area (Å²) in [5.74, 6) is 0. The van der Waals surface area contributed by atoms with Crippen LogP contribution >= 0.6 is 0 Å². The largest absolute Gasteiger partial charge is 0.378 e. The number of rotatable bonds is 5. The van der Waals surface area contributed by atoms with Crippen LogP contribution in [0.15, 0.2) is 36.7 Å². The third-order valence-corrected chi connectivity index (χ3v) is 3.28. The molecule has 0 saturated carbocycles. The third-order valence-electron chi connectivity index (χ3n) is 3.28. The molecule has 2 aromatic rings. The van der Waals surface area contributed by atoms with Gasteiger partial charge in [0.15, 0.2) is 0 Å². The Hall–Kier alpha value is -1.81. The molecule has 0 fully saturated rings. The summed E-state index contributed by atoms with van der Waals surface area (Å²) < 4.78 is 1.93. The molecule has 1 aromatic heterocycles. The van der Waals surface area contributed by atoms with Crippen molar-refractivity contribution in [3.63, 3.8) is 0 Å². The first-order valence-electron chi connectivity index (χ1n) is 6.64. The fourth-order valence-corrected chi connectivity index (χ4v) is 2.09. The first kappa shape index (κ1) is 13.6. The van der Waals surface area contributed by atoms with Crippen LogP contribution in [0.25, 0.3) is 0 Å². The summed E-state index contributed by atoms with van der Waals surface area (Å²) in [7, 11) is 4.08. The van der Waals surface area contributed by atoms with Crippen LogP contribution in [0.4, 0.5) is 5.69 Å². The predicted molar refractivity (Wildman–Crippen MR) is 79.3 cm³/mol. The summed E-state index contributed by atoms with van der Waals surface area (Å²) in [6, 6.07) is 8.39. The quantitative estimate of drug-likeness (QED) is 0.894. The molecule has 102 valence electrons. The molecule has 0 aliphatic carbocycles. The van der Waals surface area contributed by atoms with E-state index in [2.05, 4.69) is 47.4 Å². The van der Waals surface area contributed by atoms with Gasteiger partial charge in [0.2, 0.25) is 0 Å². The minimum atomic E-state index is 0.00871. The van der Waals surface area contributed by atoms with Crippen molar-refractivity contribution in [2.45, 2.75) is 25.9 Å². The lowest BCUT2D eigenvalue weighted by atomic mass is 10.0. The lowest BCUT2D eigenvalue weighted by Crippen LogP contribution is -2.15. The Morgan fingerprint density at radius 3 is 2.79 bits per heavy atom. The molecule has 1 unspecified atom stereocenters. The van der Waals surface area contributed by atoms with E-state index in [1.165, 1.54) is 11.3 Å². The average molecular weight is 258 g/mol. The molecule has 1 heterocycles. The van der Waals surface area contributed by atoms with Gasteiger partial charge in [-0.2, -0.15) is 5.10 Å². The Morgan fingerprint density at radius 2 is 2.16 bits per heavy atom. The van der Waals surface area contributed by atoms with Crippen molar-refractivity contribution in [3.05, 3.63) is 47.8 Å². The molecule has 0 saturated heterocycles. The highest BCUT2D eigenvalue weighted by molar-refractivity contribution is 5.47. The Balaban J connectivity index is 2.10. The van der Waals surface area contributed by atoms with E-state index in [0.29, 0.717) is 0 Å². The molecule has 1 aromatic carbocycles. The van der Waals surface area contributed by atoms with Crippen molar-refractivity contribution in [2.24, 2.45) is 5.73 Å². The maximum atomic E-state index is 6.29. The van der Waals surface area contributed by atoms with E-state index < -0.39 is 0 Å². The van der Waals surface area contributed by atoms with Crippen molar-refractivity contribution >= 4 is 5.69 Å². The monoisotopic (exact) mass is 258 g/mol. The molecule has 4 heteroatoms. The van der Waals surface area contributed by atoms with E-state index in [-0.39, 0.29) is 6.04 Å². The van der Waals surface area contributed by atoms with Crippen molar-refractivity contribution < 1.29 is 0 Å². The Bertz CT molecular complexity index is 530. The molecule has 0 bridgehead atoms. The molecule has 0 aliphatic rings. The molecule has 0 amide bonds. The van der Waals surface area contributed by atoms with Crippen molar-refractivity contribution in [2.75, 3.05) is 19.0 Å². The molecule has 1 atom stereocenters. The minimum Gasteiger partial charge on any atom is -0.378 e. The number of benzene rings is 1. The molecule has 0 radical (unpaired) electrons. The zero-order valence-electron chi connectivity index (χ0n) is 11.9. The number of hydrogen-bond donors (Lipinski definition) is 1. The molecular formula is C15H22N4. The average Bonchev–Trinajstić information content (AvgIpc) is 2.86. The fourth-order valence-electron chi connectivity index (χ4n) is 2.09. The van der Waals surface area contributed by atoms with Gasteiger partial charge in [0.25, 0.3) is 0 Å². The molecule has 4 nitrogen and oxygen atoms in total. The molecular weight excluding hydrogens is 236 g/mol. The molecule has 2 rings (SSSR count). The second-order valence-electron chi connectivity index (χ2n) is 5.00. The number of hydrogen-bond acceptors (Lipinski definition) is 3. The van der Waals surface area contributed by atoms with E-state index in [4.69, 9.17) is 5.73 Å². The highest BCUT2D eigenvalue weighted by atomic mass is 15.3. The number of anilines is 1. The van der Waals surface area contributed by atoms with E-state index >= 15 is 0 Å². The molecule has 19 heavy (non-hydrogen) atoms. The van der Waals surface area contributed by atoms with E-state index in [1.54, 1.807) is 0 Å². The van der Waals surface area contributed by atoms with Gasteiger partial charge in [-0.15, -0.1) is 0 Å². The second-order valence-corrected chi connectivity index (χ2v) is 5.00. The first-order valence-corrected chi connectivity index (χ1v) is 6.64. The summed E-state index contributed by atoms with van der Waals surface area (Å²) in [6.45, 7) is 2.97. The highest BCUT2D eigenvalue weighted by Crippen LogP contribution is 2.20. The Labute approximate surface area is 114 Å². The number of nitrogens with zero attached hydrogens (tertiary/aromatic N) is 3. The molecule has 0 spiro atoms. The molecule has 2 N–H and O–H groups in total. The van der Waals surface area contributed by atoms with Crippen molar-refractivity contribution in [1.29, 1.82) is 0 Å². The summed E-state index contributed by atoms with van der Waals surface area (Å²) >= 11 is 0. The SMILES string of the molecule is CCn1cc(CC(N)c2cccc(N(C)C)c2)cn1. The maximum absolute atomic E-state index is 6.29. The van der Waals surface area contributed by atoms with Crippen LogP contribution in [0.3, 0.4) is 0 Å². The summed E-state index contributed by atoms with van der Waals surface area (Å²) in [4.78, 5) is 2.09. The zero-order valence-corrected chi connectivity index (χ0v) is 11.9. The first-order chi connectivity index (χ1) is 9.10. The zero-order chi connectivity index (χ0) is 13.8. The smallest absolute Gasteiger partial charge is 0.0522 e. The van der Waals surface area contributed by atoms with Crippen LogP contribution < -0.4 is 10.6 Å². The van der Waals surface area contributed by atoms with Gasteiger partial charge < -0.3 is 10.6 Å². The minimum absolute atomic E-state index is 0.00871. The second kappa shape index (κ2) is 5.89. The summed E-state index contributed by atoms with van der Waals surface area (Å²) in [6.07, 6.45) is 4.78. The Kier molecular flexibility index (Phi) is 4.22. The van der Waals surface area contributed by atoms with Gasteiger partial charge in [0.1, 0.15) is 0 Å².